The van der Waals surface area contributed by atoms with Gasteiger partial charge in [-0.1, -0.05) is 167 Å². The molecule has 41 heavy (non-hydrogen) atoms. The van der Waals surface area contributed by atoms with Crippen molar-refractivity contribution < 1.29 is 39.3 Å². The van der Waals surface area contributed by atoms with E-state index in [1.165, 1.54) is 141 Å². The van der Waals surface area contributed by atoms with Crippen molar-refractivity contribution in [2.75, 3.05) is 0 Å². The fourth-order valence-electron chi connectivity index (χ4n) is 4.74. The van der Waals surface area contributed by atoms with Crippen LogP contribution in [-0.4, -0.2) is 22.2 Å². The Bertz CT molecular complexity index is 524. The summed E-state index contributed by atoms with van der Waals surface area (Å²) in [6.45, 7) is 4.53. The van der Waals surface area contributed by atoms with Crippen LogP contribution in [0, 0.1) is 0 Å². The van der Waals surface area contributed by atoms with Crippen LogP contribution >= 0.6 is 0 Å². The maximum absolute atomic E-state index is 10.3. The van der Waals surface area contributed by atoms with Gasteiger partial charge < -0.3 is 10.2 Å². The molecule has 0 aromatic heterocycles. The summed E-state index contributed by atoms with van der Waals surface area (Å²) >= 11 is 0. The minimum atomic E-state index is -0.704. The zero-order valence-electron chi connectivity index (χ0n) is 27.5. The summed E-state index contributed by atoms with van der Waals surface area (Å²) in [5, 5.41) is 17.0. The van der Waals surface area contributed by atoms with Crippen molar-refractivity contribution in [3.8, 4) is 0 Å². The molecule has 0 aliphatic carbocycles. The third-order valence-electron chi connectivity index (χ3n) is 7.33. The molecule has 0 saturated carbocycles. The number of aliphatic carboxylic acids is 2. The Kier molecular flexibility index (Phi) is 44.7. The first-order chi connectivity index (χ1) is 19.5. The van der Waals surface area contributed by atoms with Crippen LogP contribution in [0.3, 0.4) is 0 Å². The average molecular weight is 630 g/mol. The van der Waals surface area contributed by atoms with Crippen molar-refractivity contribution in [1.29, 1.82) is 0 Å². The van der Waals surface area contributed by atoms with Gasteiger partial charge >= 0.3 is 11.9 Å². The van der Waals surface area contributed by atoms with Gasteiger partial charge in [-0.2, -0.15) is 0 Å². The Morgan fingerprint density at radius 2 is 0.610 bits per heavy atom. The average Bonchev–Trinajstić information content (AvgIpc) is 2.93. The van der Waals surface area contributed by atoms with Crippen LogP contribution in [0.1, 0.15) is 194 Å². The molecule has 0 aromatic carbocycles. The van der Waals surface area contributed by atoms with Crippen LogP contribution in [0.5, 0.6) is 0 Å². The summed E-state index contributed by atoms with van der Waals surface area (Å²) < 4.78 is 0. The smallest absolute Gasteiger partial charge is 0.303 e. The molecule has 0 rings (SSSR count). The minimum Gasteiger partial charge on any atom is -0.481 e. The molecule has 2 N–H and O–H groups in total. The zero-order valence-corrected chi connectivity index (χ0v) is 30.5. The second-order valence-corrected chi connectivity index (χ2v) is 11.5. The van der Waals surface area contributed by atoms with Crippen molar-refractivity contribution in [2.45, 2.75) is 194 Å². The van der Waals surface area contributed by atoms with Crippen LogP contribution in [0.15, 0.2) is 24.3 Å². The number of allylic oxidation sites excluding steroid dienone is 4. The number of unbranched alkanes of at least 4 members (excludes halogenated alkanes) is 22. The number of carboxylic acids is 2. The first-order valence-electron chi connectivity index (χ1n) is 17.3. The van der Waals surface area contributed by atoms with E-state index < -0.39 is 11.9 Å². The van der Waals surface area contributed by atoms with E-state index in [9.17, 15) is 9.59 Å². The van der Waals surface area contributed by atoms with E-state index in [4.69, 9.17) is 10.2 Å². The maximum atomic E-state index is 10.3. The normalized spacial score (nSPS) is 11.0. The summed E-state index contributed by atoms with van der Waals surface area (Å²) in [7, 11) is 0. The Morgan fingerprint density at radius 3 is 0.854 bits per heavy atom. The fraction of sp³-hybridized carbons (Fsp3) is 0.833. The van der Waals surface area contributed by atoms with Crippen LogP contribution in [0.4, 0.5) is 0 Å². The van der Waals surface area contributed by atoms with E-state index >= 15 is 0 Å². The van der Waals surface area contributed by atoms with Gasteiger partial charge in [0, 0.05) is 32.3 Å². The number of hydrogen-bond acceptors (Lipinski definition) is 2. The minimum absolute atomic E-state index is 0. The van der Waals surface area contributed by atoms with Crippen LogP contribution < -0.4 is 0 Å². The molecule has 0 aliphatic heterocycles. The second-order valence-electron chi connectivity index (χ2n) is 11.5. The van der Waals surface area contributed by atoms with Crippen molar-refractivity contribution in [2.24, 2.45) is 0 Å². The predicted molar refractivity (Wildman–Crippen MR) is 174 cm³/mol. The molecule has 0 bridgehead atoms. The van der Waals surface area contributed by atoms with Gasteiger partial charge in [-0.25, -0.2) is 0 Å². The van der Waals surface area contributed by atoms with Crippen molar-refractivity contribution in [1.82, 2.24) is 0 Å². The molecule has 0 spiro atoms. The Hall–Kier alpha value is -0.957. The monoisotopic (exact) mass is 628 g/mol. The van der Waals surface area contributed by atoms with Crippen molar-refractivity contribution in [3.63, 3.8) is 0 Å². The van der Waals surface area contributed by atoms with E-state index in [2.05, 4.69) is 26.0 Å². The third kappa shape index (κ3) is 49.1. The van der Waals surface area contributed by atoms with Gasteiger partial charge in [0.2, 0.25) is 0 Å². The summed E-state index contributed by atoms with van der Waals surface area (Å²) in [5.41, 5.74) is 0. The summed E-state index contributed by atoms with van der Waals surface area (Å²) in [5.74, 6) is -1.41. The van der Waals surface area contributed by atoms with Gasteiger partial charge in [-0.15, -0.1) is 0 Å². The standard InChI is InChI=1S/2C18H34O2.Zn/c2*1-2-3-4-5-6-7-8-9-10-11-12-13-14-15-16-17-18(19)20;/h2*14-15H,2-13,16-17H2,1H3,(H,19,20);. The molecule has 0 saturated heterocycles. The molecule has 0 aromatic rings. The van der Waals surface area contributed by atoms with Gasteiger partial charge in [0.05, 0.1) is 0 Å². The van der Waals surface area contributed by atoms with Crippen LogP contribution in [0.25, 0.3) is 0 Å². The molecule has 0 heterocycles. The molecule has 0 radical (unpaired) electrons. The molecular weight excluding hydrogens is 562 g/mol. The van der Waals surface area contributed by atoms with Gasteiger partial charge in [0.1, 0.15) is 0 Å². The Balaban J connectivity index is -0.000000688. The Labute approximate surface area is 268 Å². The van der Waals surface area contributed by atoms with E-state index in [1.807, 2.05) is 12.2 Å². The second kappa shape index (κ2) is 41.2. The summed E-state index contributed by atoms with van der Waals surface area (Å²) in [4.78, 5) is 20.6. The molecule has 4 nitrogen and oxygen atoms in total. The van der Waals surface area contributed by atoms with Crippen molar-refractivity contribution in [3.05, 3.63) is 24.3 Å². The predicted octanol–water partition coefficient (Wildman–Crippen LogP) is 12.2. The number of carboxylic acid groups (broad SMARTS) is 2. The molecule has 0 amide bonds. The van der Waals surface area contributed by atoms with Crippen molar-refractivity contribution >= 4 is 11.9 Å². The molecular formula is C36H68O4Zn. The Morgan fingerprint density at radius 1 is 0.390 bits per heavy atom. The van der Waals surface area contributed by atoms with Gasteiger partial charge in [0.15, 0.2) is 0 Å². The molecule has 238 valence electrons. The quantitative estimate of drug-likeness (QED) is 0.0471. The maximum Gasteiger partial charge on any atom is 0.303 e. The molecule has 0 fully saturated rings. The van der Waals surface area contributed by atoms with Gasteiger partial charge in [0.25, 0.3) is 0 Å². The number of carbonyl (C=O) groups is 2. The topological polar surface area (TPSA) is 74.6 Å². The van der Waals surface area contributed by atoms with Crippen LogP contribution in [0.2, 0.25) is 0 Å². The SMILES string of the molecule is CCCCCCCCCCCCCC=CCCC(=O)O.CCCCCCCCCCCCCC=CCCC(=O)O.[Zn]. The fourth-order valence-corrected chi connectivity index (χ4v) is 4.74. The largest absolute Gasteiger partial charge is 0.481 e. The first kappa shape index (κ1) is 44.5. The van der Waals surface area contributed by atoms with Gasteiger partial charge in [-0.3, -0.25) is 9.59 Å². The molecule has 0 unspecified atom stereocenters. The van der Waals surface area contributed by atoms with E-state index in [0.717, 1.165) is 12.8 Å². The number of hydrogen-bond donors (Lipinski definition) is 2. The van der Waals surface area contributed by atoms with E-state index in [0.29, 0.717) is 12.8 Å². The molecule has 0 aliphatic rings. The van der Waals surface area contributed by atoms with E-state index in [1.54, 1.807) is 0 Å². The molecule has 5 heteroatoms. The van der Waals surface area contributed by atoms with E-state index in [-0.39, 0.29) is 32.3 Å². The molecule has 0 atom stereocenters. The number of rotatable bonds is 30. The summed E-state index contributed by atoms with van der Waals surface area (Å²) in [6, 6.07) is 0. The third-order valence-corrected chi connectivity index (χ3v) is 7.33. The van der Waals surface area contributed by atoms with Gasteiger partial charge in [-0.05, 0) is 38.5 Å². The first-order valence-corrected chi connectivity index (χ1v) is 17.3. The zero-order chi connectivity index (χ0) is 29.8. The van der Waals surface area contributed by atoms with Crippen LogP contribution in [-0.2, 0) is 29.1 Å². The summed E-state index contributed by atoms with van der Waals surface area (Å²) in [6.07, 6.45) is 42.6.